The van der Waals surface area contributed by atoms with E-state index >= 15 is 0 Å². The summed E-state index contributed by atoms with van der Waals surface area (Å²) >= 11 is 0. The van der Waals surface area contributed by atoms with E-state index in [1.54, 1.807) is 6.92 Å². The van der Waals surface area contributed by atoms with Gasteiger partial charge in [0.05, 0.1) is 9.82 Å². The zero-order valence-corrected chi connectivity index (χ0v) is 12.1. The van der Waals surface area contributed by atoms with Crippen molar-refractivity contribution in [1.29, 1.82) is 0 Å². The van der Waals surface area contributed by atoms with Gasteiger partial charge in [0.25, 0.3) is 11.6 Å². The first-order chi connectivity index (χ1) is 9.09. The molecule has 1 rings (SSSR count). The van der Waals surface area contributed by atoms with Crippen molar-refractivity contribution in [3.8, 4) is 0 Å². The Balaban J connectivity index is 3.61. The molecular weight excluding hydrogens is 286 g/mol. The highest BCUT2D eigenvalue weighted by Crippen LogP contribution is 2.27. The third kappa shape index (κ3) is 3.11. The normalized spacial score (nSPS) is 11.2. The number of hydrogen-bond donors (Lipinski definition) is 1. The Morgan fingerprint density at radius 2 is 2.00 bits per heavy atom. The van der Waals surface area contributed by atoms with Crippen molar-refractivity contribution >= 4 is 21.6 Å². The van der Waals surface area contributed by atoms with Gasteiger partial charge in [-0.3, -0.25) is 14.9 Å². The van der Waals surface area contributed by atoms with Gasteiger partial charge < -0.3 is 4.90 Å². The summed E-state index contributed by atoms with van der Waals surface area (Å²) in [6.45, 7) is 3.38. The standard InChI is InChI=1S/C11H15N3O5S/c1-4-13(3)11(15)8-5-9(14(16)17)7(2)10(6-8)20(12,18)19/h5-6H,4H2,1-3H3,(H2,12,18,19). The number of nitrogens with zero attached hydrogens (tertiary/aromatic N) is 2. The number of carbonyl (C=O) groups is 1. The van der Waals surface area contributed by atoms with Crippen LogP contribution in [0, 0.1) is 17.0 Å². The molecular formula is C11H15N3O5S. The maximum Gasteiger partial charge on any atom is 0.274 e. The molecule has 0 aliphatic rings. The highest BCUT2D eigenvalue weighted by molar-refractivity contribution is 7.89. The van der Waals surface area contributed by atoms with Crippen molar-refractivity contribution in [3.63, 3.8) is 0 Å². The van der Waals surface area contributed by atoms with Crippen LogP contribution in [0.15, 0.2) is 17.0 Å². The van der Waals surface area contributed by atoms with Crippen LogP contribution in [0.4, 0.5) is 5.69 Å². The van der Waals surface area contributed by atoms with Crippen LogP contribution in [0.5, 0.6) is 0 Å². The molecule has 0 saturated heterocycles. The van der Waals surface area contributed by atoms with E-state index in [-0.39, 0.29) is 11.1 Å². The zero-order valence-electron chi connectivity index (χ0n) is 11.3. The van der Waals surface area contributed by atoms with Gasteiger partial charge in [-0.15, -0.1) is 0 Å². The van der Waals surface area contributed by atoms with Crippen LogP contribution >= 0.6 is 0 Å². The largest absolute Gasteiger partial charge is 0.342 e. The van der Waals surface area contributed by atoms with Crippen LogP contribution in [0.1, 0.15) is 22.8 Å². The number of carbonyl (C=O) groups excluding carboxylic acids is 1. The quantitative estimate of drug-likeness (QED) is 0.645. The Kier molecular flexibility index (Phi) is 4.46. The number of primary sulfonamides is 1. The van der Waals surface area contributed by atoms with Gasteiger partial charge in [-0.1, -0.05) is 0 Å². The molecule has 0 fully saturated rings. The van der Waals surface area contributed by atoms with Gasteiger partial charge >= 0.3 is 0 Å². The summed E-state index contributed by atoms with van der Waals surface area (Å²) < 4.78 is 22.9. The van der Waals surface area contributed by atoms with Crippen molar-refractivity contribution < 1.29 is 18.1 Å². The first-order valence-corrected chi connectivity index (χ1v) is 7.21. The summed E-state index contributed by atoms with van der Waals surface area (Å²) in [5, 5.41) is 16.0. The Morgan fingerprint density at radius 1 is 1.45 bits per heavy atom. The van der Waals surface area contributed by atoms with Gasteiger partial charge in [-0.25, -0.2) is 13.6 Å². The summed E-state index contributed by atoms with van der Waals surface area (Å²) in [6, 6.07) is 2.12. The van der Waals surface area contributed by atoms with Crippen molar-refractivity contribution in [2.24, 2.45) is 5.14 Å². The van der Waals surface area contributed by atoms with Gasteiger partial charge in [-0.05, 0) is 19.9 Å². The molecule has 0 saturated carbocycles. The number of benzene rings is 1. The molecule has 9 heteroatoms. The first-order valence-electron chi connectivity index (χ1n) is 5.66. The molecule has 0 aliphatic heterocycles. The number of rotatable bonds is 4. The molecule has 110 valence electrons. The number of nitro groups is 1. The molecule has 1 aromatic carbocycles. The fourth-order valence-corrected chi connectivity index (χ4v) is 2.47. The lowest BCUT2D eigenvalue weighted by Gasteiger charge is -2.15. The summed E-state index contributed by atoms with van der Waals surface area (Å²) in [5.74, 6) is -0.513. The molecule has 0 spiro atoms. The lowest BCUT2D eigenvalue weighted by atomic mass is 10.1. The summed E-state index contributed by atoms with van der Waals surface area (Å²) in [7, 11) is -2.65. The molecule has 1 aromatic rings. The van der Waals surface area contributed by atoms with Crippen molar-refractivity contribution in [2.75, 3.05) is 13.6 Å². The summed E-state index contributed by atoms with van der Waals surface area (Å²) in [4.78, 5) is 23.1. The topological polar surface area (TPSA) is 124 Å². The van der Waals surface area contributed by atoms with E-state index in [9.17, 15) is 23.3 Å². The molecule has 8 nitrogen and oxygen atoms in total. The fourth-order valence-electron chi connectivity index (χ4n) is 1.65. The van der Waals surface area contributed by atoms with E-state index in [1.807, 2.05) is 0 Å². The van der Waals surface area contributed by atoms with E-state index in [4.69, 9.17) is 5.14 Å². The number of sulfonamides is 1. The van der Waals surface area contributed by atoms with Crippen LogP contribution in [-0.4, -0.2) is 37.7 Å². The third-order valence-corrected chi connectivity index (χ3v) is 3.94. The Bertz CT molecular complexity index is 669. The van der Waals surface area contributed by atoms with Gasteiger partial charge in [-0.2, -0.15) is 0 Å². The molecule has 0 heterocycles. The highest BCUT2D eigenvalue weighted by atomic mass is 32.2. The number of hydrogen-bond acceptors (Lipinski definition) is 5. The van der Waals surface area contributed by atoms with Crippen LogP contribution in [-0.2, 0) is 10.0 Å². The maximum atomic E-state index is 12.0. The predicted molar refractivity (Wildman–Crippen MR) is 71.8 cm³/mol. The van der Waals surface area contributed by atoms with Gasteiger partial charge in [0.2, 0.25) is 10.0 Å². The fraction of sp³-hybridized carbons (Fsp3) is 0.364. The Hall–Kier alpha value is -2.00. The SMILES string of the molecule is CCN(C)C(=O)c1cc([N+](=O)[O-])c(C)c(S(N)(=O)=O)c1. The van der Waals surface area contributed by atoms with Crippen molar-refractivity contribution in [3.05, 3.63) is 33.4 Å². The molecule has 0 aromatic heterocycles. The highest BCUT2D eigenvalue weighted by Gasteiger charge is 2.25. The molecule has 0 aliphatic carbocycles. The molecule has 0 unspecified atom stereocenters. The molecule has 2 N–H and O–H groups in total. The van der Waals surface area contributed by atoms with Crippen LogP contribution in [0.2, 0.25) is 0 Å². The number of nitro benzene ring substituents is 1. The summed E-state index contributed by atoms with van der Waals surface area (Å²) in [6.07, 6.45) is 0. The van der Waals surface area contributed by atoms with E-state index < -0.39 is 31.4 Å². The summed E-state index contributed by atoms with van der Waals surface area (Å²) in [5.41, 5.74) is -0.631. The smallest absolute Gasteiger partial charge is 0.274 e. The minimum atomic E-state index is -4.15. The van der Waals surface area contributed by atoms with E-state index in [0.717, 1.165) is 12.1 Å². The molecule has 0 bridgehead atoms. The minimum Gasteiger partial charge on any atom is -0.342 e. The second-order valence-electron chi connectivity index (χ2n) is 4.24. The van der Waals surface area contributed by atoms with Crippen molar-refractivity contribution in [1.82, 2.24) is 4.90 Å². The number of nitrogens with two attached hydrogens (primary N) is 1. The van der Waals surface area contributed by atoms with Gasteiger partial charge in [0.1, 0.15) is 0 Å². The number of amides is 1. The molecule has 0 radical (unpaired) electrons. The first kappa shape index (κ1) is 16.1. The lowest BCUT2D eigenvalue weighted by molar-refractivity contribution is -0.385. The maximum absolute atomic E-state index is 12.0. The zero-order chi connectivity index (χ0) is 15.7. The lowest BCUT2D eigenvalue weighted by Crippen LogP contribution is -2.27. The van der Waals surface area contributed by atoms with E-state index in [1.165, 1.54) is 18.9 Å². The predicted octanol–water partition coefficient (Wildman–Crippen LogP) is 0.643. The molecule has 1 amide bonds. The monoisotopic (exact) mass is 301 g/mol. The van der Waals surface area contributed by atoms with Crippen LogP contribution < -0.4 is 5.14 Å². The van der Waals surface area contributed by atoms with Crippen LogP contribution in [0.25, 0.3) is 0 Å². The van der Waals surface area contributed by atoms with Gasteiger partial charge in [0.15, 0.2) is 0 Å². The van der Waals surface area contributed by atoms with E-state index in [0.29, 0.717) is 6.54 Å². The van der Waals surface area contributed by atoms with Crippen molar-refractivity contribution in [2.45, 2.75) is 18.7 Å². The van der Waals surface area contributed by atoms with Crippen LogP contribution in [0.3, 0.4) is 0 Å². The molecule has 20 heavy (non-hydrogen) atoms. The average molecular weight is 301 g/mol. The average Bonchev–Trinajstić information content (AvgIpc) is 2.35. The second kappa shape index (κ2) is 5.55. The third-order valence-electron chi connectivity index (χ3n) is 2.90. The second-order valence-corrected chi connectivity index (χ2v) is 5.77. The van der Waals surface area contributed by atoms with Gasteiger partial charge in [0, 0.05) is 30.8 Å². The van der Waals surface area contributed by atoms with E-state index in [2.05, 4.69) is 0 Å². The molecule has 0 atom stereocenters. The minimum absolute atomic E-state index is 0.0873. The Morgan fingerprint density at radius 3 is 2.40 bits per heavy atom. The Labute approximate surface area is 116 Å².